The Labute approximate surface area is 151 Å². The molecule has 2 aromatic rings. The molecule has 0 bridgehead atoms. The summed E-state index contributed by atoms with van der Waals surface area (Å²) in [5.41, 5.74) is 7.51. The summed E-state index contributed by atoms with van der Waals surface area (Å²) >= 11 is 0. The van der Waals surface area contributed by atoms with Crippen LogP contribution in [-0.2, 0) is 18.9 Å². The number of ether oxygens (including phenoxy) is 4. The molecule has 1 saturated heterocycles. The van der Waals surface area contributed by atoms with E-state index >= 15 is 0 Å². The molecule has 0 aliphatic carbocycles. The lowest BCUT2D eigenvalue weighted by molar-refractivity contribution is -0.0281. The molecule has 9 nitrogen and oxygen atoms in total. The summed E-state index contributed by atoms with van der Waals surface area (Å²) in [7, 11) is 1.60. The average Bonchev–Trinajstić information content (AvgIpc) is 3.25. The monoisotopic (exact) mass is 364 g/mol. The van der Waals surface area contributed by atoms with Gasteiger partial charge in [0.1, 0.15) is 30.7 Å². The normalized spacial score (nSPS) is 21.0. The first-order valence-electron chi connectivity index (χ1n) is 8.64. The first-order chi connectivity index (χ1) is 12.6. The zero-order valence-corrected chi connectivity index (χ0v) is 15.0. The number of anilines is 1. The molecule has 0 spiro atoms. The van der Waals surface area contributed by atoms with Gasteiger partial charge in [0.15, 0.2) is 5.82 Å². The number of nitrogen functional groups attached to an aromatic ring is 1. The van der Waals surface area contributed by atoms with Gasteiger partial charge in [0.25, 0.3) is 0 Å². The Kier molecular flexibility index (Phi) is 5.89. The molecule has 2 aromatic heterocycles. The zero-order chi connectivity index (χ0) is 18.5. The van der Waals surface area contributed by atoms with Crippen LogP contribution in [0.25, 0.3) is 5.52 Å². The van der Waals surface area contributed by atoms with E-state index in [-0.39, 0.29) is 24.9 Å². The number of methoxy groups -OCH3 is 1. The van der Waals surface area contributed by atoms with E-state index in [1.807, 2.05) is 12.1 Å². The number of hydrogen-bond acceptors (Lipinski definition) is 8. The smallest absolute Gasteiger partial charge is 0.432 e. The van der Waals surface area contributed by atoms with Crippen molar-refractivity contribution in [2.45, 2.75) is 44.5 Å². The largest absolute Gasteiger partial charge is 0.508 e. The molecule has 3 heterocycles. The van der Waals surface area contributed by atoms with Crippen LogP contribution < -0.4 is 5.73 Å². The number of fused-ring (bicyclic) bond motifs is 1. The summed E-state index contributed by atoms with van der Waals surface area (Å²) in [4.78, 5) is 15.7. The molecule has 0 saturated carbocycles. The van der Waals surface area contributed by atoms with Crippen molar-refractivity contribution in [2.24, 2.45) is 0 Å². The van der Waals surface area contributed by atoms with Crippen LogP contribution in [0.1, 0.15) is 38.0 Å². The maximum absolute atomic E-state index is 11.7. The van der Waals surface area contributed by atoms with Crippen LogP contribution in [0.5, 0.6) is 0 Å². The van der Waals surface area contributed by atoms with E-state index in [1.54, 1.807) is 18.5 Å². The van der Waals surface area contributed by atoms with E-state index < -0.39 is 6.16 Å². The van der Waals surface area contributed by atoms with Crippen molar-refractivity contribution in [1.29, 1.82) is 0 Å². The fourth-order valence-corrected chi connectivity index (χ4v) is 2.96. The highest BCUT2D eigenvalue weighted by atomic mass is 16.7. The van der Waals surface area contributed by atoms with Gasteiger partial charge in [-0.1, -0.05) is 0 Å². The molecule has 3 rings (SSSR count). The molecule has 26 heavy (non-hydrogen) atoms. The molecule has 0 radical (unpaired) electrons. The summed E-state index contributed by atoms with van der Waals surface area (Å²) in [6.45, 7) is 2.49. The molecule has 3 unspecified atom stereocenters. The zero-order valence-electron chi connectivity index (χ0n) is 15.0. The summed E-state index contributed by atoms with van der Waals surface area (Å²) < 4.78 is 23.0. The second kappa shape index (κ2) is 8.33. The van der Waals surface area contributed by atoms with Crippen molar-refractivity contribution in [3.63, 3.8) is 0 Å². The van der Waals surface area contributed by atoms with Crippen LogP contribution in [0.4, 0.5) is 10.6 Å². The van der Waals surface area contributed by atoms with Gasteiger partial charge in [-0.05, 0) is 31.9 Å². The van der Waals surface area contributed by atoms with Gasteiger partial charge in [-0.25, -0.2) is 14.3 Å². The standard InChI is InChI=1S/C17H24N4O5/c1-11(7-8-23-2)25-17(22)24-9-12-3-6-15(26-12)13-4-5-14-16(18)19-10-20-21(13)14/h4-5,10-12,15H,3,6-9H2,1-2H3,(H2,18,19,20). The van der Waals surface area contributed by atoms with Crippen molar-refractivity contribution >= 4 is 17.5 Å². The third-order valence-electron chi connectivity index (χ3n) is 4.36. The van der Waals surface area contributed by atoms with Gasteiger partial charge in [0.2, 0.25) is 0 Å². The molecule has 0 aromatic carbocycles. The maximum atomic E-state index is 11.7. The topological polar surface area (TPSA) is 110 Å². The van der Waals surface area contributed by atoms with E-state index in [2.05, 4.69) is 10.1 Å². The van der Waals surface area contributed by atoms with E-state index in [4.69, 9.17) is 24.7 Å². The van der Waals surface area contributed by atoms with E-state index in [1.165, 1.54) is 6.33 Å². The third-order valence-corrected chi connectivity index (χ3v) is 4.36. The van der Waals surface area contributed by atoms with Crippen molar-refractivity contribution in [3.05, 3.63) is 24.2 Å². The molecule has 0 amide bonds. The van der Waals surface area contributed by atoms with Gasteiger partial charge < -0.3 is 24.7 Å². The molecular weight excluding hydrogens is 340 g/mol. The minimum absolute atomic E-state index is 0.128. The fourth-order valence-electron chi connectivity index (χ4n) is 2.96. The van der Waals surface area contributed by atoms with Crippen molar-refractivity contribution < 1.29 is 23.7 Å². The minimum Gasteiger partial charge on any atom is -0.432 e. The number of nitrogens with zero attached hydrogens (tertiary/aromatic N) is 3. The number of nitrogens with two attached hydrogens (primary N) is 1. The molecule has 9 heteroatoms. The van der Waals surface area contributed by atoms with Gasteiger partial charge in [-0.15, -0.1) is 0 Å². The number of aromatic nitrogens is 3. The highest BCUT2D eigenvalue weighted by Gasteiger charge is 2.30. The lowest BCUT2D eigenvalue weighted by Crippen LogP contribution is -2.22. The Hall–Kier alpha value is -2.39. The molecular formula is C17H24N4O5. The molecule has 142 valence electrons. The van der Waals surface area contributed by atoms with Gasteiger partial charge in [-0.3, -0.25) is 0 Å². The quantitative estimate of drug-likeness (QED) is 0.744. The number of hydrogen-bond donors (Lipinski definition) is 1. The Morgan fingerprint density at radius 3 is 3.12 bits per heavy atom. The van der Waals surface area contributed by atoms with Gasteiger partial charge in [0.05, 0.1) is 11.8 Å². The van der Waals surface area contributed by atoms with Crippen LogP contribution in [0.2, 0.25) is 0 Å². The van der Waals surface area contributed by atoms with Crippen LogP contribution in [0.15, 0.2) is 18.5 Å². The second-order valence-electron chi connectivity index (χ2n) is 6.30. The first kappa shape index (κ1) is 18.4. The third kappa shape index (κ3) is 4.23. The molecule has 1 aliphatic heterocycles. The molecule has 1 aliphatic rings. The second-order valence-corrected chi connectivity index (χ2v) is 6.30. The van der Waals surface area contributed by atoms with Gasteiger partial charge >= 0.3 is 6.16 Å². The Balaban J connectivity index is 1.49. The molecule has 3 atom stereocenters. The van der Waals surface area contributed by atoms with Gasteiger partial charge in [-0.2, -0.15) is 5.10 Å². The summed E-state index contributed by atoms with van der Waals surface area (Å²) in [6, 6.07) is 3.80. The van der Waals surface area contributed by atoms with E-state index in [0.717, 1.165) is 24.1 Å². The van der Waals surface area contributed by atoms with Crippen LogP contribution in [-0.4, -0.2) is 53.3 Å². The summed E-state index contributed by atoms with van der Waals surface area (Å²) in [5.74, 6) is 0.425. The number of rotatable bonds is 7. The van der Waals surface area contributed by atoms with Crippen molar-refractivity contribution in [2.75, 3.05) is 26.1 Å². The van der Waals surface area contributed by atoms with Crippen LogP contribution in [0, 0.1) is 0 Å². The predicted octanol–water partition coefficient (Wildman–Crippen LogP) is 2.11. The lowest BCUT2D eigenvalue weighted by atomic mass is 10.1. The molecule has 1 fully saturated rings. The number of carbonyl (C=O) groups excluding carboxylic acids is 1. The SMILES string of the molecule is COCCC(C)OC(=O)OCC1CCC(c2ccc3c(N)ncnn23)O1. The van der Waals surface area contributed by atoms with Crippen LogP contribution in [0.3, 0.4) is 0 Å². The van der Waals surface area contributed by atoms with E-state index in [9.17, 15) is 4.79 Å². The van der Waals surface area contributed by atoms with Crippen LogP contribution >= 0.6 is 0 Å². The molecule has 2 N–H and O–H groups in total. The minimum atomic E-state index is -0.686. The predicted molar refractivity (Wildman–Crippen MR) is 92.6 cm³/mol. The highest BCUT2D eigenvalue weighted by Crippen LogP contribution is 2.33. The fraction of sp³-hybridized carbons (Fsp3) is 0.588. The Morgan fingerprint density at radius 1 is 1.46 bits per heavy atom. The van der Waals surface area contributed by atoms with Crippen molar-refractivity contribution in [1.82, 2.24) is 14.6 Å². The highest BCUT2D eigenvalue weighted by molar-refractivity contribution is 5.65. The lowest BCUT2D eigenvalue weighted by Gasteiger charge is -2.16. The van der Waals surface area contributed by atoms with E-state index in [0.29, 0.717) is 18.8 Å². The Bertz CT molecular complexity index is 750. The Morgan fingerprint density at radius 2 is 2.31 bits per heavy atom. The number of carbonyl (C=O) groups is 1. The summed E-state index contributed by atoms with van der Waals surface area (Å²) in [6.07, 6.45) is 2.39. The maximum Gasteiger partial charge on any atom is 0.508 e. The summed E-state index contributed by atoms with van der Waals surface area (Å²) in [5, 5.41) is 4.23. The average molecular weight is 364 g/mol. The first-order valence-corrected chi connectivity index (χ1v) is 8.64. The van der Waals surface area contributed by atoms with Gasteiger partial charge in [0, 0.05) is 20.1 Å². The van der Waals surface area contributed by atoms with Crippen molar-refractivity contribution in [3.8, 4) is 0 Å².